The molecule has 3 fully saturated rings. The summed E-state index contributed by atoms with van der Waals surface area (Å²) in [5.41, 5.74) is 2.15. The number of unbranched alkanes of at least 4 members (excludes halogenated alkanes) is 2. The molecule has 12 nitrogen and oxygen atoms in total. The molecule has 0 saturated carbocycles. The SMILES string of the molecule is O=C(NC(c1ccccc1)c1cccc(OC(CCCCCNC[C@@H](O)c2ccc(O)c3[nH]c(=O)ccc23)C(=O)O)c1)O[C@H]1CN2CCC1CC2. The third kappa shape index (κ3) is 9.26. The number of carboxylic acid groups (broad SMARTS) is 1. The first-order chi connectivity index (χ1) is 24.7. The molecule has 51 heavy (non-hydrogen) atoms. The zero-order chi connectivity index (χ0) is 35.7. The molecule has 3 aliphatic heterocycles. The molecule has 4 aromatic rings. The van der Waals surface area contributed by atoms with E-state index in [1.165, 1.54) is 12.1 Å². The van der Waals surface area contributed by atoms with Crippen molar-refractivity contribution < 1.29 is 34.4 Å². The zero-order valence-electron chi connectivity index (χ0n) is 28.5. The van der Waals surface area contributed by atoms with Crippen LogP contribution in [-0.4, -0.2) is 82.2 Å². The number of phenolic OH excluding ortho intramolecular Hbond substituents is 1. The number of H-pyrrole nitrogens is 1. The molecule has 0 spiro atoms. The van der Waals surface area contributed by atoms with Gasteiger partial charge >= 0.3 is 12.1 Å². The van der Waals surface area contributed by atoms with Crippen molar-refractivity contribution in [3.8, 4) is 11.5 Å². The summed E-state index contributed by atoms with van der Waals surface area (Å²) >= 11 is 0. The van der Waals surface area contributed by atoms with E-state index in [9.17, 15) is 29.7 Å². The Kier molecular flexibility index (Phi) is 11.9. The highest BCUT2D eigenvalue weighted by Gasteiger charge is 2.37. The van der Waals surface area contributed by atoms with Crippen molar-refractivity contribution in [2.45, 2.75) is 62.9 Å². The molecular formula is C39H46N4O8. The molecule has 7 rings (SSSR count). The maximum absolute atomic E-state index is 13.2. The van der Waals surface area contributed by atoms with Gasteiger partial charge in [0.25, 0.3) is 0 Å². The second-order valence-electron chi connectivity index (χ2n) is 13.4. The Hall–Kier alpha value is -4.91. The van der Waals surface area contributed by atoms with Crippen LogP contribution in [0.4, 0.5) is 4.79 Å². The Morgan fingerprint density at radius 1 is 0.941 bits per heavy atom. The monoisotopic (exact) mass is 698 g/mol. The highest BCUT2D eigenvalue weighted by atomic mass is 16.6. The van der Waals surface area contributed by atoms with E-state index in [-0.39, 0.29) is 29.5 Å². The molecule has 3 aromatic carbocycles. The number of aliphatic hydroxyl groups is 1. The predicted octanol–water partition coefficient (Wildman–Crippen LogP) is 4.86. The predicted molar refractivity (Wildman–Crippen MR) is 192 cm³/mol. The largest absolute Gasteiger partial charge is 0.506 e. The van der Waals surface area contributed by atoms with E-state index in [0.29, 0.717) is 42.0 Å². The Morgan fingerprint density at radius 3 is 2.47 bits per heavy atom. The van der Waals surface area contributed by atoms with Gasteiger partial charge in [-0.1, -0.05) is 55.0 Å². The molecule has 12 heteroatoms. The summed E-state index contributed by atoms with van der Waals surface area (Å²) in [6, 6.07) is 22.2. The first-order valence-corrected chi connectivity index (χ1v) is 17.7. The van der Waals surface area contributed by atoms with E-state index in [0.717, 1.165) is 56.4 Å². The number of benzene rings is 3. The standard InChI is InChI=1S/C39H46N4O8/c44-31-15-13-29(30-14-16-35(46)41-37(30)31)32(45)23-40-19-6-2-5-12-33(38(47)48)50-28-11-7-10-27(22-28)36(26-8-3-1-4-9-26)42-39(49)51-34-24-43-20-17-25(34)18-21-43/h1,3-4,7-11,13-16,22,25,32-34,36,40,44-45H,2,5-6,12,17-21,23-24H2,(H,41,46)(H,42,49)(H,47,48)/t32-,33?,34+,36?/m1/s1. The first kappa shape index (κ1) is 35.9. The van der Waals surface area contributed by atoms with Crippen LogP contribution in [-0.2, 0) is 9.53 Å². The molecule has 6 N–H and O–H groups in total. The maximum atomic E-state index is 13.2. The summed E-state index contributed by atoms with van der Waals surface area (Å²) in [6.07, 6.45) is 2.02. The van der Waals surface area contributed by atoms with E-state index >= 15 is 0 Å². The number of nitrogens with zero attached hydrogens (tertiary/aromatic N) is 1. The number of pyridine rings is 1. The number of carbonyl (C=O) groups excluding carboxylic acids is 1. The van der Waals surface area contributed by atoms with Crippen LogP contribution < -0.4 is 20.9 Å². The van der Waals surface area contributed by atoms with Gasteiger partial charge in [-0.2, -0.15) is 0 Å². The van der Waals surface area contributed by atoms with Gasteiger partial charge < -0.3 is 40.4 Å². The number of aliphatic hydroxyl groups excluding tert-OH is 1. The fourth-order valence-electron chi connectivity index (χ4n) is 7.16. The van der Waals surface area contributed by atoms with Crippen LogP contribution >= 0.6 is 0 Å². The second kappa shape index (κ2) is 16.9. The average molecular weight is 699 g/mol. The van der Waals surface area contributed by atoms with Crippen molar-refractivity contribution >= 4 is 23.0 Å². The lowest BCUT2D eigenvalue weighted by Crippen LogP contribution is -2.52. The van der Waals surface area contributed by atoms with Gasteiger partial charge in [-0.25, -0.2) is 9.59 Å². The minimum atomic E-state index is -1.05. The maximum Gasteiger partial charge on any atom is 0.408 e. The number of ether oxygens (including phenoxy) is 2. The number of phenols is 1. The molecule has 2 bridgehead atoms. The van der Waals surface area contributed by atoms with Gasteiger partial charge in [0.15, 0.2) is 6.10 Å². The van der Waals surface area contributed by atoms with Crippen molar-refractivity contribution in [3.05, 3.63) is 106 Å². The fourth-order valence-corrected chi connectivity index (χ4v) is 7.16. The van der Waals surface area contributed by atoms with Crippen LogP contribution in [0.5, 0.6) is 11.5 Å². The van der Waals surface area contributed by atoms with E-state index in [1.54, 1.807) is 30.3 Å². The van der Waals surface area contributed by atoms with E-state index in [4.69, 9.17) is 9.47 Å². The molecule has 0 aliphatic carbocycles. The number of aromatic hydroxyl groups is 1. The normalized spacial score (nSPS) is 20.0. The molecule has 3 saturated heterocycles. The lowest BCUT2D eigenvalue weighted by molar-refractivity contribution is -0.145. The summed E-state index contributed by atoms with van der Waals surface area (Å²) in [5, 5.41) is 37.6. The molecule has 1 aromatic heterocycles. The fraction of sp³-hybridized carbons (Fsp3) is 0.410. The third-order valence-corrected chi connectivity index (χ3v) is 9.92. The van der Waals surface area contributed by atoms with Crippen molar-refractivity contribution in [1.29, 1.82) is 0 Å². The van der Waals surface area contributed by atoms with Gasteiger partial charge in [0.2, 0.25) is 5.56 Å². The van der Waals surface area contributed by atoms with Crippen LogP contribution in [0.1, 0.15) is 67.4 Å². The lowest BCUT2D eigenvalue weighted by atomic mass is 9.86. The molecule has 1 amide bonds. The Balaban J connectivity index is 0.991. The molecule has 3 aliphatic rings. The van der Waals surface area contributed by atoms with Crippen molar-refractivity contribution in [3.63, 3.8) is 0 Å². The number of alkyl carbamates (subject to hydrolysis) is 1. The van der Waals surface area contributed by atoms with Crippen LogP contribution in [0.15, 0.2) is 83.7 Å². The summed E-state index contributed by atoms with van der Waals surface area (Å²) < 4.78 is 11.9. The molecule has 2 unspecified atom stereocenters. The number of hydrogen-bond acceptors (Lipinski definition) is 9. The van der Waals surface area contributed by atoms with Crippen molar-refractivity contribution in [1.82, 2.24) is 20.5 Å². The van der Waals surface area contributed by atoms with Gasteiger partial charge in [0, 0.05) is 24.5 Å². The zero-order valence-corrected chi connectivity index (χ0v) is 28.5. The molecule has 270 valence electrons. The quantitative estimate of drug-likeness (QED) is 0.0888. The number of carbonyl (C=O) groups is 2. The number of aromatic nitrogens is 1. The highest BCUT2D eigenvalue weighted by Crippen LogP contribution is 2.31. The number of fused-ring (bicyclic) bond motifs is 4. The number of aromatic amines is 1. The highest BCUT2D eigenvalue weighted by molar-refractivity contribution is 5.87. The van der Waals surface area contributed by atoms with Crippen LogP contribution in [0.3, 0.4) is 0 Å². The van der Waals surface area contributed by atoms with Crippen molar-refractivity contribution in [2.24, 2.45) is 5.92 Å². The van der Waals surface area contributed by atoms with Gasteiger partial charge in [-0.15, -0.1) is 0 Å². The first-order valence-electron chi connectivity index (χ1n) is 17.7. The van der Waals surface area contributed by atoms with Gasteiger partial charge in [0.1, 0.15) is 17.6 Å². The number of nitrogens with one attached hydrogen (secondary N) is 3. The van der Waals surface area contributed by atoms with Crippen LogP contribution in [0.2, 0.25) is 0 Å². The minimum Gasteiger partial charge on any atom is -0.506 e. The number of aliphatic carboxylic acids is 1. The number of carboxylic acids is 1. The van der Waals surface area contributed by atoms with E-state index in [1.807, 2.05) is 36.4 Å². The smallest absolute Gasteiger partial charge is 0.408 e. The van der Waals surface area contributed by atoms with Crippen molar-refractivity contribution in [2.75, 3.05) is 32.7 Å². The minimum absolute atomic E-state index is 0.0620. The second-order valence-corrected chi connectivity index (χ2v) is 13.4. The Bertz CT molecular complexity index is 1840. The number of amides is 1. The molecule has 4 heterocycles. The van der Waals surface area contributed by atoms with Crippen LogP contribution in [0, 0.1) is 5.92 Å². The summed E-state index contributed by atoms with van der Waals surface area (Å²) in [4.78, 5) is 42.0. The van der Waals surface area contributed by atoms with E-state index < -0.39 is 30.3 Å². The van der Waals surface area contributed by atoms with Gasteiger partial charge in [-0.05, 0) is 98.6 Å². The summed E-state index contributed by atoms with van der Waals surface area (Å²) in [5.74, 6) is -0.330. The van der Waals surface area contributed by atoms with Crippen LogP contribution in [0.25, 0.3) is 10.9 Å². The summed E-state index contributed by atoms with van der Waals surface area (Å²) in [7, 11) is 0. The van der Waals surface area contributed by atoms with Gasteiger partial charge in [-0.3, -0.25) is 9.69 Å². The number of hydrogen-bond donors (Lipinski definition) is 6. The van der Waals surface area contributed by atoms with Gasteiger partial charge in [0.05, 0.1) is 17.7 Å². The Morgan fingerprint density at radius 2 is 1.73 bits per heavy atom. The molecule has 4 atom stereocenters. The average Bonchev–Trinajstić information content (AvgIpc) is 3.14. The molecular weight excluding hydrogens is 652 g/mol. The van der Waals surface area contributed by atoms with E-state index in [2.05, 4.69) is 20.5 Å². The molecule has 0 radical (unpaired) electrons. The third-order valence-electron chi connectivity index (χ3n) is 9.92. The Labute approximate surface area is 296 Å². The summed E-state index contributed by atoms with van der Waals surface area (Å²) in [6.45, 7) is 3.75. The number of rotatable bonds is 16. The number of piperidine rings is 3. The lowest BCUT2D eigenvalue weighted by Gasteiger charge is -2.43. The topological polar surface area (TPSA) is 173 Å².